The van der Waals surface area contributed by atoms with E-state index in [1.165, 1.54) is 6.42 Å². The summed E-state index contributed by atoms with van der Waals surface area (Å²) in [6.45, 7) is 4.15. The first kappa shape index (κ1) is 8.74. The molecule has 2 heterocycles. The monoisotopic (exact) mass is 199 g/mol. The third-order valence-corrected chi connectivity index (χ3v) is 2.97. The molecule has 0 saturated carbocycles. The van der Waals surface area contributed by atoms with E-state index in [1.54, 1.807) is 0 Å². The smallest absolute Gasteiger partial charge is 0.302 e. The molecular weight excluding hydrogens is 186 g/mol. The van der Waals surface area contributed by atoms with Gasteiger partial charge >= 0.3 is 5.56 Å². The Morgan fingerprint density at radius 1 is 1.69 bits per heavy atom. The Bertz CT molecular complexity index is 332. The summed E-state index contributed by atoms with van der Waals surface area (Å²) >= 11 is 1.13. The predicted octanol–water partition coefficient (Wildman–Crippen LogP) is 1.07. The molecule has 0 bridgehead atoms. The zero-order valence-corrected chi connectivity index (χ0v) is 8.43. The number of aromatic nitrogens is 2. The Morgan fingerprint density at radius 2 is 2.54 bits per heavy atom. The number of H-pyrrole nitrogens is 1. The third kappa shape index (κ3) is 1.75. The molecule has 4 nitrogen and oxygen atoms in total. The molecular formula is C8H13N3OS. The molecule has 1 aromatic rings. The fraction of sp³-hybridized carbons (Fsp3) is 0.750. The molecule has 1 saturated heterocycles. The van der Waals surface area contributed by atoms with E-state index < -0.39 is 0 Å². The Balaban J connectivity index is 2.17. The molecule has 0 amide bonds. The molecule has 0 radical (unpaired) electrons. The van der Waals surface area contributed by atoms with Crippen LogP contribution in [0.3, 0.4) is 0 Å². The van der Waals surface area contributed by atoms with Crippen LogP contribution in [0.15, 0.2) is 4.79 Å². The second-order valence-corrected chi connectivity index (χ2v) is 4.20. The first-order chi connectivity index (χ1) is 6.27. The zero-order valence-electron chi connectivity index (χ0n) is 7.62. The van der Waals surface area contributed by atoms with Crippen molar-refractivity contribution in [1.29, 1.82) is 0 Å². The van der Waals surface area contributed by atoms with Crippen LogP contribution in [0, 0.1) is 5.92 Å². The van der Waals surface area contributed by atoms with E-state index in [0.29, 0.717) is 11.7 Å². The van der Waals surface area contributed by atoms with Crippen molar-refractivity contribution in [2.45, 2.75) is 19.8 Å². The molecule has 1 aliphatic heterocycles. The van der Waals surface area contributed by atoms with Gasteiger partial charge in [0, 0.05) is 24.8 Å². The summed E-state index contributed by atoms with van der Waals surface area (Å²) in [7, 11) is 0. The lowest BCUT2D eigenvalue weighted by molar-refractivity contribution is 0.444. The molecule has 5 heteroatoms. The van der Waals surface area contributed by atoms with Crippen LogP contribution in [-0.4, -0.2) is 21.8 Å². The minimum atomic E-state index is -0.0425. The highest BCUT2D eigenvalue weighted by atomic mass is 32.1. The highest BCUT2D eigenvalue weighted by molar-refractivity contribution is 6.99. The summed E-state index contributed by atoms with van der Waals surface area (Å²) in [5.74, 6) is 1.28. The van der Waals surface area contributed by atoms with Crippen LogP contribution in [0.5, 0.6) is 0 Å². The summed E-state index contributed by atoms with van der Waals surface area (Å²) in [4.78, 5) is 13.4. The highest BCUT2D eigenvalue weighted by Crippen LogP contribution is 2.18. The molecule has 1 fully saturated rings. The highest BCUT2D eigenvalue weighted by Gasteiger charge is 2.20. The molecule has 1 aromatic heterocycles. The van der Waals surface area contributed by atoms with Gasteiger partial charge in [-0.25, -0.2) is 0 Å². The van der Waals surface area contributed by atoms with E-state index >= 15 is 0 Å². The maximum absolute atomic E-state index is 11.3. The SMILES string of the molecule is CC1CCCN(c2ns[nH]c2=O)C1. The van der Waals surface area contributed by atoms with Crippen molar-refractivity contribution in [2.75, 3.05) is 18.0 Å². The topological polar surface area (TPSA) is 49.0 Å². The van der Waals surface area contributed by atoms with E-state index in [4.69, 9.17) is 0 Å². The van der Waals surface area contributed by atoms with Crippen molar-refractivity contribution < 1.29 is 0 Å². The normalized spacial score (nSPS) is 23.5. The quantitative estimate of drug-likeness (QED) is 0.736. The van der Waals surface area contributed by atoms with E-state index in [0.717, 1.165) is 31.2 Å². The van der Waals surface area contributed by atoms with E-state index in [1.807, 2.05) is 0 Å². The van der Waals surface area contributed by atoms with Crippen molar-refractivity contribution in [3.8, 4) is 0 Å². The van der Waals surface area contributed by atoms with Crippen molar-refractivity contribution >= 4 is 17.5 Å². The van der Waals surface area contributed by atoms with Gasteiger partial charge in [0.05, 0.1) is 0 Å². The van der Waals surface area contributed by atoms with Crippen LogP contribution >= 0.6 is 11.7 Å². The zero-order chi connectivity index (χ0) is 9.26. The maximum Gasteiger partial charge on any atom is 0.302 e. The first-order valence-corrected chi connectivity index (χ1v) is 5.34. The number of piperidine rings is 1. The molecule has 0 aliphatic carbocycles. The molecule has 2 rings (SSSR count). The molecule has 72 valence electrons. The number of nitrogens with zero attached hydrogens (tertiary/aromatic N) is 2. The maximum atomic E-state index is 11.3. The standard InChI is InChI=1S/C8H13N3OS/c1-6-3-2-4-11(5-6)7-8(12)10-13-9-7/h6H,2-5H2,1H3,(H,10,12). The molecule has 1 atom stereocenters. The van der Waals surface area contributed by atoms with Gasteiger partial charge in [0.15, 0.2) is 0 Å². The van der Waals surface area contributed by atoms with Gasteiger partial charge in [0.25, 0.3) is 0 Å². The van der Waals surface area contributed by atoms with Gasteiger partial charge in [0.1, 0.15) is 0 Å². The van der Waals surface area contributed by atoms with Crippen LogP contribution in [0.25, 0.3) is 0 Å². The van der Waals surface area contributed by atoms with Gasteiger partial charge in [0.2, 0.25) is 5.82 Å². The summed E-state index contributed by atoms with van der Waals surface area (Å²) in [6.07, 6.45) is 2.43. The molecule has 0 aromatic carbocycles. The average molecular weight is 199 g/mol. The van der Waals surface area contributed by atoms with Gasteiger partial charge in [-0.1, -0.05) is 6.92 Å². The van der Waals surface area contributed by atoms with Crippen molar-refractivity contribution in [1.82, 2.24) is 8.75 Å². The fourth-order valence-electron chi connectivity index (χ4n) is 1.78. The van der Waals surface area contributed by atoms with Crippen LogP contribution < -0.4 is 10.5 Å². The molecule has 1 aliphatic rings. The van der Waals surface area contributed by atoms with E-state index in [2.05, 4.69) is 20.6 Å². The van der Waals surface area contributed by atoms with Gasteiger partial charge in [-0.05, 0) is 18.8 Å². The summed E-state index contributed by atoms with van der Waals surface area (Å²) in [5.41, 5.74) is -0.0425. The first-order valence-electron chi connectivity index (χ1n) is 4.56. The molecule has 0 spiro atoms. The minimum absolute atomic E-state index is 0.0425. The van der Waals surface area contributed by atoms with Crippen molar-refractivity contribution in [3.63, 3.8) is 0 Å². The van der Waals surface area contributed by atoms with Crippen LogP contribution in [0.4, 0.5) is 5.82 Å². The second kappa shape index (κ2) is 3.49. The Hall–Kier alpha value is -0.840. The Labute approximate surface area is 80.9 Å². The lowest BCUT2D eigenvalue weighted by Crippen LogP contribution is -2.37. The van der Waals surface area contributed by atoms with Crippen molar-refractivity contribution in [3.05, 3.63) is 10.4 Å². The number of hydrogen-bond acceptors (Lipinski definition) is 4. The molecule has 1 N–H and O–H groups in total. The Kier molecular flexibility index (Phi) is 2.35. The lowest BCUT2D eigenvalue weighted by Gasteiger charge is -2.29. The van der Waals surface area contributed by atoms with Crippen LogP contribution in [-0.2, 0) is 0 Å². The number of anilines is 1. The lowest BCUT2D eigenvalue weighted by atomic mass is 10.0. The number of rotatable bonds is 1. The largest absolute Gasteiger partial charge is 0.351 e. The van der Waals surface area contributed by atoms with Gasteiger partial charge in [-0.15, -0.1) is 0 Å². The van der Waals surface area contributed by atoms with Gasteiger partial charge in [-0.3, -0.25) is 9.17 Å². The van der Waals surface area contributed by atoms with Crippen LogP contribution in [0.1, 0.15) is 19.8 Å². The summed E-state index contributed by atoms with van der Waals surface area (Å²) in [6, 6.07) is 0. The molecule has 13 heavy (non-hydrogen) atoms. The third-order valence-electron chi connectivity index (χ3n) is 2.43. The number of aromatic amines is 1. The average Bonchev–Trinajstić information content (AvgIpc) is 2.51. The molecule has 1 unspecified atom stereocenters. The van der Waals surface area contributed by atoms with Gasteiger partial charge in [-0.2, -0.15) is 4.37 Å². The number of nitrogens with one attached hydrogen (secondary N) is 1. The van der Waals surface area contributed by atoms with Crippen molar-refractivity contribution in [2.24, 2.45) is 5.92 Å². The van der Waals surface area contributed by atoms with E-state index in [9.17, 15) is 4.79 Å². The van der Waals surface area contributed by atoms with Crippen LogP contribution in [0.2, 0.25) is 0 Å². The Morgan fingerprint density at radius 3 is 3.15 bits per heavy atom. The summed E-state index contributed by atoms with van der Waals surface area (Å²) < 4.78 is 6.69. The second-order valence-electron chi connectivity index (χ2n) is 3.63. The fourth-order valence-corrected chi connectivity index (χ4v) is 2.28. The van der Waals surface area contributed by atoms with Gasteiger partial charge < -0.3 is 4.90 Å². The number of hydrogen-bond donors (Lipinski definition) is 1. The van der Waals surface area contributed by atoms with E-state index in [-0.39, 0.29) is 5.56 Å². The predicted molar refractivity (Wildman–Crippen MR) is 53.3 cm³/mol. The summed E-state index contributed by atoms with van der Waals surface area (Å²) in [5, 5.41) is 0. The minimum Gasteiger partial charge on any atom is -0.351 e.